The number of hydrogen-bond acceptors (Lipinski definition) is 5. The SMILES string of the molecule is O=S(=O)(NCCCOc1ccccc1)c1ccc2c(c1)OCCCO2. The van der Waals surface area contributed by atoms with Gasteiger partial charge in [0.1, 0.15) is 5.75 Å². The van der Waals surface area contributed by atoms with Crippen molar-refractivity contribution in [3.8, 4) is 17.2 Å². The van der Waals surface area contributed by atoms with Gasteiger partial charge in [-0.15, -0.1) is 0 Å². The first-order chi connectivity index (χ1) is 12.1. The smallest absolute Gasteiger partial charge is 0.240 e. The van der Waals surface area contributed by atoms with Gasteiger partial charge in [-0.2, -0.15) is 0 Å². The van der Waals surface area contributed by atoms with E-state index in [0.29, 0.717) is 44.3 Å². The van der Waals surface area contributed by atoms with E-state index in [1.807, 2.05) is 30.3 Å². The Hall–Kier alpha value is -2.25. The van der Waals surface area contributed by atoms with Gasteiger partial charge in [0.05, 0.1) is 24.7 Å². The van der Waals surface area contributed by atoms with E-state index in [4.69, 9.17) is 14.2 Å². The number of fused-ring (bicyclic) bond motifs is 1. The van der Waals surface area contributed by atoms with Crippen molar-refractivity contribution in [3.05, 3.63) is 48.5 Å². The standard InChI is InChI=1S/C18H21NO5S/c20-25(21,19-10-4-11-22-15-6-2-1-3-7-15)16-8-9-17-18(14-16)24-13-5-12-23-17/h1-3,6-9,14,19H,4-5,10-13H2. The first-order valence-electron chi connectivity index (χ1n) is 8.22. The minimum atomic E-state index is -3.59. The predicted octanol–water partition coefficient (Wildman–Crippen LogP) is 2.60. The topological polar surface area (TPSA) is 73.9 Å². The van der Waals surface area contributed by atoms with Crippen molar-refractivity contribution in [3.63, 3.8) is 0 Å². The maximum Gasteiger partial charge on any atom is 0.240 e. The van der Waals surface area contributed by atoms with Crippen LogP contribution in [0, 0.1) is 0 Å². The second-order valence-electron chi connectivity index (χ2n) is 5.57. The molecule has 1 heterocycles. The van der Waals surface area contributed by atoms with Gasteiger partial charge < -0.3 is 14.2 Å². The minimum absolute atomic E-state index is 0.167. The van der Waals surface area contributed by atoms with Crippen molar-refractivity contribution in [1.29, 1.82) is 0 Å². The van der Waals surface area contributed by atoms with E-state index in [2.05, 4.69) is 4.72 Å². The van der Waals surface area contributed by atoms with Crippen LogP contribution in [0.25, 0.3) is 0 Å². The third-order valence-electron chi connectivity index (χ3n) is 3.65. The van der Waals surface area contributed by atoms with Crippen LogP contribution < -0.4 is 18.9 Å². The third kappa shape index (κ3) is 4.87. The highest BCUT2D eigenvalue weighted by Crippen LogP contribution is 2.31. The number of rotatable bonds is 7. The summed E-state index contributed by atoms with van der Waals surface area (Å²) in [4.78, 5) is 0.167. The van der Waals surface area contributed by atoms with Crippen LogP contribution in [0.2, 0.25) is 0 Å². The molecule has 0 aromatic heterocycles. The molecular formula is C18H21NO5S. The van der Waals surface area contributed by atoms with Crippen LogP contribution in [0.4, 0.5) is 0 Å². The molecule has 3 rings (SSSR count). The van der Waals surface area contributed by atoms with Crippen LogP contribution in [0.3, 0.4) is 0 Å². The lowest BCUT2D eigenvalue weighted by atomic mass is 10.3. The summed E-state index contributed by atoms with van der Waals surface area (Å²) in [6.07, 6.45) is 1.34. The average molecular weight is 363 g/mol. The summed E-state index contributed by atoms with van der Waals surface area (Å²) in [6.45, 7) is 1.82. The summed E-state index contributed by atoms with van der Waals surface area (Å²) < 4.78 is 44.0. The van der Waals surface area contributed by atoms with E-state index >= 15 is 0 Å². The maximum atomic E-state index is 12.4. The number of sulfonamides is 1. The monoisotopic (exact) mass is 363 g/mol. The van der Waals surface area contributed by atoms with Crippen LogP contribution >= 0.6 is 0 Å². The zero-order valence-corrected chi connectivity index (χ0v) is 14.6. The van der Waals surface area contributed by atoms with Gasteiger partial charge >= 0.3 is 0 Å². The Morgan fingerprint density at radius 1 is 1.00 bits per heavy atom. The zero-order valence-electron chi connectivity index (χ0n) is 13.8. The van der Waals surface area contributed by atoms with Crippen molar-refractivity contribution < 1.29 is 22.6 Å². The fourth-order valence-electron chi connectivity index (χ4n) is 2.38. The number of nitrogens with one attached hydrogen (secondary N) is 1. The molecule has 6 nitrogen and oxygen atoms in total. The van der Waals surface area contributed by atoms with E-state index in [1.165, 1.54) is 12.1 Å². The lowest BCUT2D eigenvalue weighted by Crippen LogP contribution is -2.26. The molecule has 0 unspecified atom stereocenters. The lowest BCUT2D eigenvalue weighted by Gasteiger charge is -2.11. The van der Waals surface area contributed by atoms with Crippen molar-refractivity contribution in [2.75, 3.05) is 26.4 Å². The van der Waals surface area contributed by atoms with E-state index in [9.17, 15) is 8.42 Å². The van der Waals surface area contributed by atoms with Crippen molar-refractivity contribution in [2.24, 2.45) is 0 Å². The van der Waals surface area contributed by atoms with Gasteiger partial charge in [0.25, 0.3) is 0 Å². The third-order valence-corrected chi connectivity index (χ3v) is 5.11. The van der Waals surface area contributed by atoms with Crippen LogP contribution in [0.1, 0.15) is 12.8 Å². The molecule has 0 spiro atoms. The molecule has 1 aliphatic rings. The maximum absolute atomic E-state index is 12.4. The number of ether oxygens (including phenoxy) is 3. The molecule has 0 atom stereocenters. The molecule has 2 aromatic rings. The largest absolute Gasteiger partial charge is 0.494 e. The van der Waals surface area contributed by atoms with Crippen molar-refractivity contribution >= 4 is 10.0 Å². The quantitative estimate of drug-likeness (QED) is 0.766. The van der Waals surface area contributed by atoms with Crippen molar-refractivity contribution in [2.45, 2.75) is 17.7 Å². The van der Waals surface area contributed by atoms with Gasteiger partial charge in [-0.05, 0) is 30.7 Å². The molecule has 0 fully saturated rings. The van der Waals surface area contributed by atoms with Crippen LogP contribution in [-0.2, 0) is 10.0 Å². The lowest BCUT2D eigenvalue weighted by molar-refractivity contribution is 0.297. The highest BCUT2D eigenvalue weighted by atomic mass is 32.2. The molecule has 0 aliphatic carbocycles. The Labute approximate surface area is 147 Å². The Kier molecular flexibility index (Phi) is 5.78. The summed E-state index contributed by atoms with van der Waals surface area (Å²) >= 11 is 0. The van der Waals surface area contributed by atoms with Gasteiger partial charge in [-0.1, -0.05) is 18.2 Å². The van der Waals surface area contributed by atoms with Crippen LogP contribution in [0.15, 0.2) is 53.4 Å². The molecule has 1 aliphatic heterocycles. The molecule has 0 amide bonds. The van der Waals surface area contributed by atoms with Gasteiger partial charge in [0.2, 0.25) is 10.0 Å². The molecule has 0 saturated heterocycles. The molecular weight excluding hydrogens is 342 g/mol. The predicted molar refractivity (Wildman–Crippen MR) is 93.8 cm³/mol. The van der Waals surface area contributed by atoms with Gasteiger partial charge in [0, 0.05) is 19.0 Å². The van der Waals surface area contributed by atoms with Crippen LogP contribution in [-0.4, -0.2) is 34.8 Å². The second kappa shape index (κ2) is 8.22. The van der Waals surface area contributed by atoms with E-state index in [1.54, 1.807) is 6.07 Å². The molecule has 0 radical (unpaired) electrons. The molecule has 7 heteroatoms. The summed E-state index contributed by atoms with van der Waals surface area (Å²) in [5.41, 5.74) is 0. The molecule has 0 bridgehead atoms. The molecule has 134 valence electrons. The summed E-state index contributed by atoms with van der Waals surface area (Å²) in [5.74, 6) is 1.81. The average Bonchev–Trinajstić information content (AvgIpc) is 2.87. The van der Waals surface area contributed by atoms with Gasteiger partial charge in [-0.3, -0.25) is 0 Å². The number of benzene rings is 2. The Balaban J connectivity index is 1.52. The normalized spacial score (nSPS) is 13.9. The second-order valence-corrected chi connectivity index (χ2v) is 7.34. The Bertz CT molecular complexity index is 792. The van der Waals surface area contributed by atoms with E-state index in [-0.39, 0.29) is 4.90 Å². The highest BCUT2D eigenvalue weighted by molar-refractivity contribution is 7.89. The molecule has 1 N–H and O–H groups in total. The Morgan fingerprint density at radius 2 is 1.76 bits per heavy atom. The molecule has 2 aromatic carbocycles. The van der Waals surface area contributed by atoms with Gasteiger partial charge in [-0.25, -0.2) is 13.1 Å². The minimum Gasteiger partial charge on any atom is -0.494 e. The molecule has 25 heavy (non-hydrogen) atoms. The van der Waals surface area contributed by atoms with Crippen LogP contribution in [0.5, 0.6) is 17.2 Å². The first kappa shape index (κ1) is 17.6. The fraction of sp³-hybridized carbons (Fsp3) is 0.333. The van der Waals surface area contributed by atoms with E-state index < -0.39 is 10.0 Å². The molecule has 0 saturated carbocycles. The zero-order chi connectivity index (χ0) is 17.5. The fourth-order valence-corrected chi connectivity index (χ4v) is 3.47. The summed E-state index contributed by atoms with van der Waals surface area (Å²) in [7, 11) is -3.59. The number of hydrogen-bond donors (Lipinski definition) is 1. The number of para-hydroxylation sites is 1. The van der Waals surface area contributed by atoms with E-state index in [0.717, 1.165) is 12.2 Å². The summed E-state index contributed by atoms with van der Waals surface area (Å²) in [6, 6.07) is 14.1. The highest BCUT2D eigenvalue weighted by Gasteiger charge is 2.18. The first-order valence-corrected chi connectivity index (χ1v) is 9.71. The van der Waals surface area contributed by atoms with Gasteiger partial charge in [0.15, 0.2) is 11.5 Å². The summed E-state index contributed by atoms with van der Waals surface area (Å²) in [5, 5.41) is 0. The Morgan fingerprint density at radius 3 is 2.56 bits per heavy atom. The van der Waals surface area contributed by atoms with Crippen molar-refractivity contribution in [1.82, 2.24) is 4.72 Å².